The molecule has 188 valence electrons. The highest BCUT2D eigenvalue weighted by Crippen LogP contribution is 2.48. The van der Waals surface area contributed by atoms with Crippen LogP contribution < -0.4 is 21.3 Å². The third-order valence-electron chi connectivity index (χ3n) is 6.97. The second-order valence-electron chi connectivity index (χ2n) is 9.13. The van der Waals surface area contributed by atoms with Crippen molar-refractivity contribution in [2.75, 3.05) is 5.32 Å². The van der Waals surface area contributed by atoms with E-state index >= 15 is 0 Å². The SMILES string of the molecule is Cn1c2c(c(=O)n(C)c1=O)[C@H](c1cccc(OC(=O)c3ccccc3F)c1)C1=C(N2)c2ccccc2C1=O. The van der Waals surface area contributed by atoms with Crippen molar-refractivity contribution in [2.24, 2.45) is 14.1 Å². The molecule has 2 aliphatic rings. The average molecular weight is 509 g/mol. The summed E-state index contributed by atoms with van der Waals surface area (Å²) in [5.41, 5.74) is 1.43. The van der Waals surface area contributed by atoms with Gasteiger partial charge in [-0.1, -0.05) is 48.5 Å². The number of esters is 1. The van der Waals surface area contributed by atoms with Crippen molar-refractivity contribution in [1.82, 2.24) is 9.13 Å². The van der Waals surface area contributed by atoms with Crippen molar-refractivity contribution in [2.45, 2.75) is 5.92 Å². The number of nitrogens with zero attached hydrogens (tertiary/aromatic N) is 2. The molecular weight excluding hydrogens is 489 g/mol. The average Bonchev–Trinajstić information content (AvgIpc) is 3.21. The first-order valence-corrected chi connectivity index (χ1v) is 11.8. The largest absolute Gasteiger partial charge is 0.423 e. The summed E-state index contributed by atoms with van der Waals surface area (Å²) >= 11 is 0. The molecule has 1 aliphatic carbocycles. The Morgan fingerprint density at radius 1 is 0.895 bits per heavy atom. The van der Waals surface area contributed by atoms with Crippen molar-refractivity contribution >= 4 is 23.3 Å². The molecule has 0 saturated carbocycles. The van der Waals surface area contributed by atoms with E-state index in [2.05, 4.69) is 5.32 Å². The van der Waals surface area contributed by atoms with Crippen LogP contribution in [0.5, 0.6) is 5.75 Å². The Morgan fingerprint density at radius 2 is 1.61 bits per heavy atom. The minimum atomic E-state index is -0.881. The molecule has 0 bridgehead atoms. The van der Waals surface area contributed by atoms with Crippen molar-refractivity contribution in [3.8, 4) is 5.75 Å². The van der Waals surface area contributed by atoms with Gasteiger partial charge in [0.1, 0.15) is 17.4 Å². The quantitative estimate of drug-likeness (QED) is 0.335. The predicted molar refractivity (Wildman–Crippen MR) is 138 cm³/mol. The number of rotatable bonds is 3. The van der Waals surface area contributed by atoms with Gasteiger partial charge in [0.2, 0.25) is 0 Å². The van der Waals surface area contributed by atoms with Crippen LogP contribution in [0.4, 0.5) is 10.2 Å². The van der Waals surface area contributed by atoms with E-state index < -0.39 is 29.0 Å². The van der Waals surface area contributed by atoms with Gasteiger partial charge in [-0.15, -0.1) is 0 Å². The van der Waals surface area contributed by atoms with Crippen molar-refractivity contribution in [3.63, 3.8) is 0 Å². The van der Waals surface area contributed by atoms with E-state index in [9.17, 15) is 23.6 Å². The predicted octanol–water partition coefficient (Wildman–Crippen LogP) is 3.61. The summed E-state index contributed by atoms with van der Waals surface area (Å²) in [7, 11) is 2.93. The maximum absolute atomic E-state index is 14.1. The minimum absolute atomic E-state index is 0.114. The van der Waals surface area contributed by atoms with Crippen LogP contribution in [0, 0.1) is 5.82 Å². The molecule has 1 aromatic heterocycles. The van der Waals surface area contributed by atoms with Crippen molar-refractivity contribution in [3.05, 3.63) is 133 Å². The van der Waals surface area contributed by atoms with E-state index in [0.717, 1.165) is 10.6 Å². The third-order valence-corrected chi connectivity index (χ3v) is 6.97. The molecule has 0 spiro atoms. The number of benzene rings is 3. The molecular formula is C29H20FN3O5. The Kier molecular flexibility index (Phi) is 5.23. The molecule has 0 unspecified atom stereocenters. The standard InChI is InChI=1S/C29H20FN3O5/c1-32-26-23(27(35)33(2)29(32)37)21(22-24(31-26)17-10-3-4-11-18(17)25(22)34)15-8-7-9-16(14-15)38-28(36)19-12-5-6-13-20(19)30/h3-14,21,31H,1-2H3/t21-/m1/s1. The highest BCUT2D eigenvalue weighted by molar-refractivity contribution is 6.23. The fourth-order valence-corrected chi connectivity index (χ4v) is 5.14. The molecule has 3 aromatic carbocycles. The van der Waals surface area contributed by atoms with Gasteiger partial charge in [0.05, 0.1) is 16.8 Å². The summed E-state index contributed by atoms with van der Waals surface area (Å²) in [6, 6.07) is 19.0. The number of hydrogen-bond donors (Lipinski definition) is 1. The van der Waals surface area contributed by atoms with E-state index in [0.29, 0.717) is 28.0 Å². The topological polar surface area (TPSA) is 99.4 Å². The van der Waals surface area contributed by atoms with Crippen molar-refractivity contribution in [1.29, 1.82) is 0 Å². The van der Waals surface area contributed by atoms with Crippen LogP contribution in [0.2, 0.25) is 0 Å². The smallest absolute Gasteiger partial charge is 0.346 e. The lowest BCUT2D eigenvalue weighted by Crippen LogP contribution is -2.42. The molecule has 38 heavy (non-hydrogen) atoms. The first-order valence-electron chi connectivity index (χ1n) is 11.8. The molecule has 2 heterocycles. The lowest BCUT2D eigenvalue weighted by molar-refractivity contribution is 0.0729. The highest BCUT2D eigenvalue weighted by atomic mass is 19.1. The number of fused-ring (bicyclic) bond motifs is 3. The zero-order chi connectivity index (χ0) is 26.7. The van der Waals surface area contributed by atoms with Gasteiger partial charge in [0.25, 0.3) is 5.56 Å². The number of Topliss-reactive ketones (excluding diaryl/α,β-unsaturated/α-hetero) is 1. The molecule has 0 amide bonds. The second kappa shape index (κ2) is 8.52. The number of carbonyl (C=O) groups is 2. The van der Waals surface area contributed by atoms with E-state index in [1.807, 2.05) is 0 Å². The fraction of sp³-hybridized carbons (Fsp3) is 0.103. The molecule has 1 atom stereocenters. The number of carbonyl (C=O) groups excluding carboxylic acids is 2. The molecule has 0 fully saturated rings. The van der Waals surface area contributed by atoms with Crippen LogP contribution in [0.15, 0.2) is 88.0 Å². The fourth-order valence-electron chi connectivity index (χ4n) is 5.14. The first-order chi connectivity index (χ1) is 18.3. The Bertz CT molecular complexity index is 1850. The summed E-state index contributed by atoms with van der Waals surface area (Å²) in [5.74, 6) is -2.31. The molecule has 8 nitrogen and oxygen atoms in total. The van der Waals surface area contributed by atoms with E-state index in [-0.39, 0.29) is 28.5 Å². The number of nitrogens with one attached hydrogen (secondary N) is 1. The summed E-state index contributed by atoms with van der Waals surface area (Å²) < 4.78 is 21.9. The minimum Gasteiger partial charge on any atom is -0.423 e. The molecule has 0 radical (unpaired) electrons. The molecule has 1 N–H and O–H groups in total. The number of aromatic nitrogens is 2. The van der Waals surface area contributed by atoms with Crippen LogP contribution in [0.1, 0.15) is 43.3 Å². The number of ether oxygens (including phenoxy) is 1. The van der Waals surface area contributed by atoms with Gasteiger partial charge >= 0.3 is 11.7 Å². The second-order valence-corrected chi connectivity index (χ2v) is 9.13. The van der Waals surface area contributed by atoms with Crippen LogP contribution in [-0.4, -0.2) is 20.9 Å². The summed E-state index contributed by atoms with van der Waals surface area (Å²) in [6.45, 7) is 0. The summed E-state index contributed by atoms with van der Waals surface area (Å²) in [4.78, 5) is 52.5. The monoisotopic (exact) mass is 509 g/mol. The van der Waals surface area contributed by atoms with Gasteiger partial charge in [0, 0.05) is 36.7 Å². The number of ketones is 1. The van der Waals surface area contributed by atoms with Crippen LogP contribution in [-0.2, 0) is 14.1 Å². The lowest BCUT2D eigenvalue weighted by atomic mass is 9.81. The van der Waals surface area contributed by atoms with Crippen LogP contribution >= 0.6 is 0 Å². The maximum Gasteiger partial charge on any atom is 0.346 e. The first kappa shape index (κ1) is 23.4. The highest BCUT2D eigenvalue weighted by Gasteiger charge is 2.42. The van der Waals surface area contributed by atoms with Gasteiger partial charge < -0.3 is 10.1 Å². The number of allylic oxidation sites excluding steroid dienone is 1. The van der Waals surface area contributed by atoms with Gasteiger partial charge in [-0.25, -0.2) is 14.0 Å². The Hall–Kier alpha value is -5.05. The van der Waals surface area contributed by atoms with E-state index in [1.54, 1.807) is 49.5 Å². The Labute approximate surface area is 215 Å². The van der Waals surface area contributed by atoms with E-state index in [4.69, 9.17) is 4.74 Å². The molecule has 9 heteroatoms. The van der Waals surface area contributed by atoms with Gasteiger partial charge in [-0.2, -0.15) is 0 Å². The molecule has 4 aromatic rings. The van der Waals surface area contributed by atoms with Crippen LogP contribution in [0.3, 0.4) is 0 Å². The van der Waals surface area contributed by atoms with Crippen LogP contribution in [0.25, 0.3) is 5.70 Å². The Balaban J connectivity index is 1.53. The number of hydrogen-bond acceptors (Lipinski definition) is 6. The van der Waals surface area contributed by atoms with E-state index in [1.165, 1.54) is 35.9 Å². The van der Waals surface area contributed by atoms with Crippen molar-refractivity contribution < 1.29 is 18.7 Å². The number of halogens is 1. The zero-order valence-electron chi connectivity index (χ0n) is 20.3. The lowest BCUT2D eigenvalue weighted by Gasteiger charge is -2.29. The Morgan fingerprint density at radius 3 is 2.37 bits per heavy atom. The van der Waals surface area contributed by atoms with Gasteiger partial charge in [0.15, 0.2) is 5.78 Å². The summed E-state index contributed by atoms with van der Waals surface area (Å²) in [5, 5.41) is 3.18. The zero-order valence-corrected chi connectivity index (χ0v) is 20.3. The molecule has 1 aliphatic heterocycles. The molecule has 6 rings (SSSR count). The molecule has 0 saturated heterocycles. The maximum atomic E-state index is 14.1. The van der Waals surface area contributed by atoms with Gasteiger partial charge in [-0.05, 0) is 29.8 Å². The summed E-state index contributed by atoms with van der Waals surface area (Å²) in [6.07, 6.45) is 0. The number of anilines is 1. The normalized spacial score (nSPS) is 15.4. The van der Waals surface area contributed by atoms with Gasteiger partial charge in [-0.3, -0.25) is 18.7 Å². The third kappa shape index (κ3) is 3.36.